The molecule has 2 aromatic carbocycles. The fourth-order valence-corrected chi connectivity index (χ4v) is 3.69. The maximum atomic E-state index is 13.1. The minimum atomic E-state index is -0.783. The molecule has 1 saturated heterocycles. The average Bonchev–Trinajstić information content (AvgIpc) is 3.20. The molecule has 30 heavy (non-hydrogen) atoms. The number of Topliss-reactive ketones (excluding diaryl/α,β-unsaturated/α-hetero) is 1. The number of methoxy groups -OCH3 is 2. The molecule has 1 aliphatic rings. The van der Waals surface area contributed by atoms with Crippen LogP contribution in [-0.4, -0.2) is 49.0 Å². The number of H-pyrrole nitrogens is 1. The highest BCUT2D eigenvalue weighted by molar-refractivity contribution is 6.14. The standard InChI is InChI=1S/C22H25N5O3/c1-29-15-10-14(11-16(12-15)30-2)27-13-24-9-5-8-19(28)20(21(27)23)22-25-17-6-3-4-7-18(17)26-22/h3-4,6-7,10-12,20,23-24H,5,8-9,13H2,1-2H3,(H,25,26). The molecule has 4 rings (SSSR count). The largest absolute Gasteiger partial charge is 0.497 e. The molecule has 1 fully saturated rings. The van der Waals surface area contributed by atoms with E-state index in [1.165, 1.54) is 0 Å². The number of benzene rings is 2. The first kappa shape index (κ1) is 19.9. The Morgan fingerprint density at radius 3 is 2.57 bits per heavy atom. The summed E-state index contributed by atoms with van der Waals surface area (Å²) in [5, 5.41) is 12.3. The summed E-state index contributed by atoms with van der Waals surface area (Å²) in [4.78, 5) is 22.8. The second-order valence-electron chi connectivity index (χ2n) is 7.18. The molecule has 156 valence electrons. The molecule has 2 heterocycles. The van der Waals surface area contributed by atoms with Gasteiger partial charge in [-0.1, -0.05) is 12.1 Å². The molecule has 0 amide bonds. The number of ether oxygens (including phenoxy) is 2. The number of nitrogens with zero attached hydrogens (tertiary/aromatic N) is 2. The van der Waals surface area contributed by atoms with Crippen molar-refractivity contribution in [1.29, 1.82) is 5.41 Å². The van der Waals surface area contributed by atoms with Crippen LogP contribution in [0.25, 0.3) is 11.0 Å². The van der Waals surface area contributed by atoms with E-state index in [4.69, 9.17) is 14.9 Å². The first-order chi connectivity index (χ1) is 14.6. The number of amidine groups is 1. The van der Waals surface area contributed by atoms with Crippen LogP contribution in [0, 0.1) is 5.41 Å². The Kier molecular flexibility index (Phi) is 5.67. The van der Waals surface area contributed by atoms with Crippen molar-refractivity contribution in [1.82, 2.24) is 15.3 Å². The average molecular weight is 407 g/mol. The van der Waals surface area contributed by atoms with Gasteiger partial charge in [0.15, 0.2) is 5.78 Å². The van der Waals surface area contributed by atoms with Gasteiger partial charge in [0.25, 0.3) is 0 Å². The number of nitrogens with one attached hydrogen (secondary N) is 3. The van der Waals surface area contributed by atoms with Crippen molar-refractivity contribution < 1.29 is 14.3 Å². The lowest BCUT2D eigenvalue weighted by Crippen LogP contribution is -2.42. The molecule has 3 aromatic rings. The third-order valence-corrected chi connectivity index (χ3v) is 5.26. The maximum Gasteiger partial charge on any atom is 0.151 e. The van der Waals surface area contributed by atoms with Gasteiger partial charge in [-0.15, -0.1) is 0 Å². The van der Waals surface area contributed by atoms with Crippen LogP contribution in [-0.2, 0) is 4.79 Å². The summed E-state index contributed by atoms with van der Waals surface area (Å²) >= 11 is 0. The van der Waals surface area contributed by atoms with Crippen LogP contribution in [0.15, 0.2) is 42.5 Å². The van der Waals surface area contributed by atoms with Gasteiger partial charge in [0.1, 0.15) is 29.1 Å². The number of imidazole rings is 1. The summed E-state index contributed by atoms with van der Waals surface area (Å²) in [6, 6.07) is 13.1. The van der Waals surface area contributed by atoms with Gasteiger partial charge < -0.3 is 19.4 Å². The Balaban J connectivity index is 1.78. The van der Waals surface area contributed by atoms with Crippen LogP contribution in [0.3, 0.4) is 0 Å². The van der Waals surface area contributed by atoms with Gasteiger partial charge in [-0.2, -0.15) is 0 Å². The zero-order chi connectivity index (χ0) is 21.1. The second-order valence-corrected chi connectivity index (χ2v) is 7.18. The molecular formula is C22H25N5O3. The zero-order valence-electron chi connectivity index (χ0n) is 17.1. The van der Waals surface area contributed by atoms with Crippen molar-refractivity contribution >= 4 is 28.3 Å². The molecule has 1 atom stereocenters. The summed E-state index contributed by atoms with van der Waals surface area (Å²) in [6.45, 7) is 1.07. The first-order valence-electron chi connectivity index (χ1n) is 9.88. The van der Waals surface area contributed by atoms with E-state index in [0.29, 0.717) is 49.1 Å². The highest BCUT2D eigenvalue weighted by Crippen LogP contribution is 2.31. The number of hydrogen-bond acceptors (Lipinski definition) is 6. The van der Waals surface area contributed by atoms with Crippen LogP contribution in [0.5, 0.6) is 11.5 Å². The number of carbonyl (C=O) groups is 1. The Hall–Kier alpha value is -3.39. The molecule has 1 aromatic heterocycles. The van der Waals surface area contributed by atoms with Crippen molar-refractivity contribution in [2.75, 3.05) is 32.3 Å². The molecule has 0 bridgehead atoms. The van der Waals surface area contributed by atoms with E-state index in [2.05, 4.69) is 15.3 Å². The van der Waals surface area contributed by atoms with Gasteiger partial charge in [-0.05, 0) is 25.1 Å². The van der Waals surface area contributed by atoms with Gasteiger partial charge in [0.2, 0.25) is 0 Å². The molecular weight excluding hydrogens is 382 g/mol. The molecule has 0 saturated carbocycles. The van der Waals surface area contributed by atoms with Gasteiger partial charge in [0, 0.05) is 24.6 Å². The van der Waals surface area contributed by atoms with Crippen LogP contribution in [0.4, 0.5) is 5.69 Å². The second kappa shape index (κ2) is 8.54. The van der Waals surface area contributed by atoms with Gasteiger partial charge in [-0.3, -0.25) is 15.5 Å². The molecule has 1 unspecified atom stereocenters. The van der Waals surface area contributed by atoms with Crippen LogP contribution in [0.2, 0.25) is 0 Å². The predicted octanol–water partition coefficient (Wildman–Crippen LogP) is 3.06. The number of rotatable bonds is 4. The number of aromatic nitrogens is 2. The van der Waals surface area contributed by atoms with Crippen LogP contribution < -0.4 is 19.7 Å². The van der Waals surface area contributed by atoms with Crippen LogP contribution in [0.1, 0.15) is 24.6 Å². The molecule has 0 spiro atoms. The lowest BCUT2D eigenvalue weighted by atomic mass is 9.97. The Morgan fingerprint density at radius 2 is 1.87 bits per heavy atom. The van der Waals surface area contributed by atoms with Crippen molar-refractivity contribution in [3.8, 4) is 11.5 Å². The number of aromatic amines is 1. The number of carbonyl (C=O) groups excluding carboxylic acids is 1. The monoisotopic (exact) mass is 407 g/mol. The van der Waals surface area contributed by atoms with E-state index in [-0.39, 0.29) is 11.6 Å². The summed E-state index contributed by atoms with van der Waals surface area (Å²) in [5.74, 6) is 1.07. The minimum absolute atomic E-state index is 0.0254. The van der Waals surface area contributed by atoms with E-state index in [1.54, 1.807) is 25.2 Å². The number of ketones is 1. The van der Waals surface area contributed by atoms with Crippen molar-refractivity contribution in [3.05, 3.63) is 48.3 Å². The SMILES string of the molecule is COc1cc(OC)cc(N2CNCCCC(=O)C(c3nc4ccccc4[nH]3)C2=N)c1. The number of para-hydroxylation sites is 2. The van der Waals surface area contributed by atoms with Crippen molar-refractivity contribution in [2.45, 2.75) is 18.8 Å². The molecule has 0 aliphatic carbocycles. The maximum absolute atomic E-state index is 13.1. The Bertz CT molecular complexity index is 1020. The fourth-order valence-electron chi connectivity index (χ4n) is 3.69. The van der Waals surface area contributed by atoms with Crippen molar-refractivity contribution in [2.24, 2.45) is 0 Å². The lowest BCUT2D eigenvalue weighted by molar-refractivity contribution is -0.119. The molecule has 8 heteroatoms. The molecule has 1 aliphatic heterocycles. The van der Waals surface area contributed by atoms with E-state index < -0.39 is 5.92 Å². The number of anilines is 1. The number of hydrogen-bond donors (Lipinski definition) is 3. The van der Waals surface area contributed by atoms with E-state index in [1.807, 2.05) is 36.4 Å². The third-order valence-electron chi connectivity index (χ3n) is 5.26. The van der Waals surface area contributed by atoms with Gasteiger partial charge >= 0.3 is 0 Å². The third kappa shape index (κ3) is 3.86. The van der Waals surface area contributed by atoms with E-state index >= 15 is 0 Å². The first-order valence-corrected chi connectivity index (χ1v) is 9.88. The Labute approximate surface area is 174 Å². The zero-order valence-corrected chi connectivity index (χ0v) is 17.1. The number of fused-ring (bicyclic) bond motifs is 1. The highest BCUT2D eigenvalue weighted by atomic mass is 16.5. The van der Waals surface area contributed by atoms with Gasteiger partial charge in [0.05, 0.1) is 37.6 Å². The lowest BCUT2D eigenvalue weighted by Gasteiger charge is -2.28. The minimum Gasteiger partial charge on any atom is -0.497 e. The topological polar surface area (TPSA) is 103 Å². The van der Waals surface area contributed by atoms with Gasteiger partial charge in [-0.25, -0.2) is 4.98 Å². The molecule has 0 radical (unpaired) electrons. The summed E-state index contributed by atoms with van der Waals surface area (Å²) in [5.41, 5.74) is 2.33. The van der Waals surface area contributed by atoms with E-state index in [9.17, 15) is 4.79 Å². The van der Waals surface area contributed by atoms with Crippen molar-refractivity contribution in [3.63, 3.8) is 0 Å². The smallest absolute Gasteiger partial charge is 0.151 e. The molecule has 8 nitrogen and oxygen atoms in total. The summed E-state index contributed by atoms with van der Waals surface area (Å²) in [7, 11) is 3.17. The quantitative estimate of drug-likeness (QED) is 0.614. The summed E-state index contributed by atoms with van der Waals surface area (Å²) in [6.07, 6.45) is 1.09. The molecule has 3 N–H and O–H groups in total. The normalized spacial score (nSPS) is 18.1. The fraction of sp³-hybridized carbons (Fsp3) is 0.318. The summed E-state index contributed by atoms with van der Waals surface area (Å²) < 4.78 is 10.8. The Morgan fingerprint density at radius 1 is 1.13 bits per heavy atom. The predicted molar refractivity (Wildman–Crippen MR) is 116 cm³/mol. The highest BCUT2D eigenvalue weighted by Gasteiger charge is 2.33. The van der Waals surface area contributed by atoms with E-state index in [0.717, 1.165) is 11.0 Å². The van der Waals surface area contributed by atoms with Crippen LogP contribution >= 0.6 is 0 Å².